The van der Waals surface area contributed by atoms with Gasteiger partial charge in [0, 0.05) is 11.6 Å². The monoisotopic (exact) mass is 424 g/mol. The van der Waals surface area contributed by atoms with Crippen molar-refractivity contribution in [2.75, 3.05) is 20.3 Å². The first-order valence-electron chi connectivity index (χ1n) is 10.1. The van der Waals surface area contributed by atoms with Crippen LogP contribution in [0.5, 0.6) is 17.2 Å². The van der Waals surface area contributed by atoms with Crippen molar-refractivity contribution >= 4 is 18.0 Å². The first-order chi connectivity index (χ1) is 15.1. The molecule has 164 valence electrons. The topological polar surface area (TPSA) is 71.1 Å². The average molecular weight is 424 g/mol. The van der Waals surface area contributed by atoms with E-state index in [0.29, 0.717) is 41.6 Å². The van der Waals surface area contributed by atoms with Crippen molar-refractivity contribution in [1.82, 2.24) is 0 Å². The smallest absolute Gasteiger partial charge is 0.343 e. The highest BCUT2D eigenvalue weighted by molar-refractivity contribution is 5.91. The molecule has 0 aliphatic carbocycles. The summed E-state index contributed by atoms with van der Waals surface area (Å²) in [6, 6.07) is 12.0. The van der Waals surface area contributed by atoms with E-state index in [1.54, 1.807) is 55.7 Å². The molecule has 0 fully saturated rings. The van der Waals surface area contributed by atoms with Crippen molar-refractivity contribution in [3.63, 3.8) is 0 Å². The van der Waals surface area contributed by atoms with Gasteiger partial charge in [0.2, 0.25) is 0 Å². The Morgan fingerprint density at radius 1 is 0.903 bits per heavy atom. The van der Waals surface area contributed by atoms with E-state index in [4.69, 9.17) is 18.9 Å². The van der Waals surface area contributed by atoms with E-state index in [0.717, 1.165) is 31.8 Å². The number of unbranched alkanes of at least 4 members (excludes halogenated alkanes) is 3. The van der Waals surface area contributed by atoms with Crippen molar-refractivity contribution in [3.8, 4) is 17.2 Å². The number of hydrogen-bond acceptors (Lipinski definition) is 6. The predicted octanol–water partition coefficient (Wildman–Crippen LogP) is 5.23. The summed E-state index contributed by atoms with van der Waals surface area (Å²) >= 11 is 0. The van der Waals surface area contributed by atoms with Crippen LogP contribution in [0.2, 0.25) is 0 Å². The van der Waals surface area contributed by atoms with Crippen LogP contribution >= 0.6 is 0 Å². The van der Waals surface area contributed by atoms with Crippen molar-refractivity contribution < 1.29 is 28.5 Å². The minimum Gasteiger partial charge on any atom is -0.497 e. The Morgan fingerprint density at radius 3 is 2.23 bits per heavy atom. The first kappa shape index (κ1) is 23.7. The van der Waals surface area contributed by atoms with Gasteiger partial charge in [0.25, 0.3) is 0 Å². The maximum absolute atomic E-state index is 12.4. The Balaban J connectivity index is 1.74. The third kappa shape index (κ3) is 8.01. The maximum atomic E-state index is 12.4. The molecule has 0 atom stereocenters. The summed E-state index contributed by atoms with van der Waals surface area (Å²) in [5.74, 6) is 0.915. The van der Waals surface area contributed by atoms with Crippen LogP contribution in [0.25, 0.3) is 6.08 Å². The van der Waals surface area contributed by atoms with Gasteiger partial charge in [0.05, 0.1) is 25.9 Å². The molecule has 6 heteroatoms. The van der Waals surface area contributed by atoms with E-state index in [9.17, 15) is 9.59 Å². The lowest BCUT2D eigenvalue weighted by molar-refractivity contribution is -0.137. The molecule has 0 aromatic heterocycles. The molecule has 0 radical (unpaired) electrons. The molecule has 0 spiro atoms. The molecule has 31 heavy (non-hydrogen) atoms. The quantitative estimate of drug-likeness (QED) is 0.190. The molecule has 0 N–H and O–H groups in total. The van der Waals surface area contributed by atoms with Gasteiger partial charge in [-0.1, -0.05) is 19.2 Å². The minimum absolute atomic E-state index is 0.388. The molecule has 0 heterocycles. The van der Waals surface area contributed by atoms with Gasteiger partial charge in [-0.3, -0.25) is 0 Å². The van der Waals surface area contributed by atoms with Crippen LogP contribution in [-0.4, -0.2) is 32.3 Å². The van der Waals surface area contributed by atoms with Gasteiger partial charge in [-0.05, 0) is 68.1 Å². The van der Waals surface area contributed by atoms with Gasteiger partial charge >= 0.3 is 11.9 Å². The molecule has 0 saturated heterocycles. The molecule has 0 saturated carbocycles. The number of esters is 2. The van der Waals surface area contributed by atoms with Gasteiger partial charge in [0.1, 0.15) is 17.2 Å². The van der Waals surface area contributed by atoms with Crippen LogP contribution in [0.1, 0.15) is 41.6 Å². The van der Waals surface area contributed by atoms with Crippen molar-refractivity contribution in [3.05, 3.63) is 72.8 Å². The normalized spacial score (nSPS) is 10.1. The SMILES string of the molecule is C=CC(=O)OCCCCCCOc1ccc(C(=O)Oc2ccc(OC)cc2C=C)cc1. The maximum Gasteiger partial charge on any atom is 0.343 e. The van der Waals surface area contributed by atoms with E-state index in [1.165, 1.54) is 0 Å². The molecule has 6 nitrogen and oxygen atoms in total. The van der Waals surface area contributed by atoms with E-state index < -0.39 is 5.97 Å². The number of carbonyl (C=O) groups is 2. The van der Waals surface area contributed by atoms with Crippen LogP contribution in [0.3, 0.4) is 0 Å². The lowest BCUT2D eigenvalue weighted by Crippen LogP contribution is -2.09. The number of ether oxygens (including phenoxy) is 4. The van der Waals surface area contributed by atoms with Gasteiger partial charge < -0.3 is 18.9 Å². The van der Waals surface area contributed by atoms with E-state index in [-0.39, 0.29) is 5.97 Å². The van der Waals surface area contributed by atoms with E-state index in [1.807, 2.05) is 0 Å². The summed E-state index contributed by atoms with van der Waals surface area (Å²) in [7, 11) is 1.57. The first-order valence-corrected chi connectivity index (χ1v) is 10.1. The number of benzene rings is 2. The van der Waals surface area contributed by atoms with Crippen LogP contribution < -0.4 is 14.2 Å². The Kier molecular flexibility index (Phi) is 9.88. The van der Waals surface area contributed by atoms with Crippen LogP contribution in [0.15, 0.2) is 61.7 Å². The zero-order valence-corrected chi connectivity index (χ0v) is 17.8. The Labute approximate surface area is 183 Å². The second kappa shape index (κ2) is 12.9. The summed E-state index contributed by atoms with van der Waals surface area (Å²) in [6.45, 7) is 8.07. The average Bonchev–Trinajstić information content (AvgIpc) is 2.81. The molecular weight excluding hydrogens is 396 g/mol. The lowest BCUT2D eigenvalue weighted by atomic mass is 10.2. The fourth-order valence-electron chi connectivity index (χ4n) is 2.73. The van der Waals surface area contributed by atoms with Crippen LogP contribution in [-0.2, 0) is 9.53 Å². The Morgan fingerprint density at radius 2 is 1.58 bits per heavy atom. The lowest BCUT2D eigenvalue weighted by Gasteiger charge is -2.10. The highest BCUT2D eigenvalue weighted by atomic mass is 16.5. The largest absolute Gasteiger partial charge is 0.497 e. The summed E-state index contributed by atoms with van der Waals surface area (Å²) in [5.41, 5.74) is 1.10. The zero-order chi connectivity index (χ0) is 22.5. The number of hydrogen-bond donors (Lipinski definition) is 0. The van der Waals surface area contributed by atoms with Gasteiger partial charge in [0.15, 0.2) is 0 Å². The second-order valence-corrected chi connectivity index (χ2v) is 6.66. The fourth-order valence-corrected chi connectivity index (χ4v) is 2.73. The molecule has 2 aromatic rings. The summed E-state index contributed by atoms with van der Waals surface area (Å²) < 4.78 is 21.3. The number of methoxy groups -OCH3 is 1. The molecule has 0 aliphatic heterocycles. The zero-order valence-electron chi connectivity index (χ0n) is 17.8. The predicted molar refractivity (Wildman–Crippen MR) is 120 cm³/mol. The summed E-state index contributed by atoms with van der Waals surface area (Å²) in [4.78, 5) is 23.3. The number of carbonyl (C=O) groups excluding carboxylic acids is 2. The summed E-state index contributed by atoms with van der Waals surface area (Å²) in [6.07, 6.45) is 6.41. The molecule has 0 unspecified atom stereocenters. The highest BCUT2D eigenvalue weighted by Crippen LogP contribution is 2.26. The Hall–Kier alpha value is -3.54. The molecule has 2 aromatic carbocycles. The van der Waals surface area contributed by atoms with Crippen LogP contribution in [0, 0.1) is 0 Å². The molecule has 0 amide bonds. The van der Waals surface area contributed by atoms with Crippen molar-refractivity contribution in [2.24, 2.45) is 0 Å². The summed E-state index contributed by atoms with van der Waals surface area (Å²) in [5, 5.41) is 0. The third-order valence-electron chi connectivity index (χ3n) is 4.45. The van der Waals surface area contributed by atoms with Crippen LogP contribution in [0.4, 0.5) is 0 Å². The molecular formula is C25H28O6. The van der Waals surface area contributed by atoms with Gasteiger partial charge in [-0.25, -0.2) is 9.59 Å². The van der Waals surface area contributed by atoms with Crippen molar-refractivity contribution in [1.29, 1.82) is 0 Å². The van der Waals surface area contributed by atoms with Gasteiger partial charge in [-0.15, -0.1) is 0 Å². The molecule has 0 aliphatic rings. The third-order valence-corrected chi connectivity index (χ3v) is 4.45. The minimum atomic E-state index is -0.461. The van der Waals surface area contributed by atoms with Gasteiger partial charge in [-0.2, -0.15) is 0 Å². The molecule has 0 bridgehead atoms. The standard InChI is InChI=1S/C25H28O6/c1-4-19-18-22(28-3)14-15-23(19)31-25(27)20-10-12-21(13-11-20)29-16-8-6-7-9-17-30-24(26)5-2/h4-5,10-15,18H,1-2,6-9,16-17H2,3H3. The van der Waals surface area contributed by atoms with Crippen molar-refractivity contribution in [2.45, 2.75) is 25.7 Å². The number of rotatable bonds is 13. The highest BCUT2D eigenvalue weighted by Gasteiger charge is 2.12. The Bertz CT molecular complexity index is 885. The molecule has 2 rings (SSSR count). The second-order valence-electron chi connectivity index (χ2n) is 6.66. The fraction of sp³-hybridized carbons (Fsp3) is 0.280. The van der Waals surface area contributed by atoms with E-state index in [2.05, 4.69) is 13.2 Å². The van der Waals surface area contributed by atoms with E-state index >= 15 is 0 Å².